The zero-order chi connectivity index (χ0) is 21.3. The molecule has 0 saturated carbocycles. The van der Waals surface area contributed by atoms with Gasteiger partial charge < -0.3 is 4.90 Å². The van der Waals surface area contributed by atoms with E-state index in [1.165, 1.54) is 11.3 Å². The summed E-state index contributed by atoms with van der Waals surface area (Å²) in [6.45, 7) is 13.5. The van der Waals surface area contributed by atoms with Crippen LogP contribution in [0.4, 0.5) is 5.69 Å². The summed E-state index contributed by atoms with van der Waals surface area (Å²) in [5.41, 5.74) is 7.90. The second-order valence-electron chi connectivity index (χ2n) is 8.83. The molecule has 1 aliphatic heterocycles. The number of aryl methyl sites for hydroxylation is 1. The van der Waals surface area contributed by atoms with Crippen molar-refractivity contribution in [2.24, 2.45) is 5.10 Å². The molecular formula is C24H30ClN3O. The Bertz CT molecular complexity index is 949. The normalized spacial score (nSPS) is 18.2. The van der Waals surface area contributed by atoms with E-state index in [1.54, 1.807) is 30.5 Å². The number of carbonyl (C=O) groups excluding carboxylic acids is 1. The number of amides is 1. The first-order chi connectivity index (χ1) is 13.6. The van der Waals surface area contributed by atoms with Crippen LogP contribution in [0.1, 0.15) is 74.0 Å². The minimum Gasteiger partial charge on any atom is -0.364 e. The quantitative estimate of drug-likeness (QED) is 0.501. The van der Waals surface area contributed by atoms with Crippen molar-refractivity contribution in [1.29, 1.82) is 0 Å². The number of halogens is 1. The Labute approximate surface area is 179 Å². The minimum atomic E-state index is -0.316. The molecule has 4 nitrogen and oxygen atoms in total. The largest absolute Gasteiger partial charge is 0.364 e. The number of hydrogen-bond acceptors (Lipinski definition) is 3. The number of nitrogens with one attached hydrogen (secondary N) is 1. The van der Waals surface area contributed by atoms with Crippen LogP contribution in [-0.2, 0) is 0 Å². The van der Waals surface area contributed by atoms with Gasteiger partial charge in [0.15, 0.2) is 0 Å². The van der Waals surface area contributed by atoms with E-state index in [-0.39, 0.29) is 11.4 Å². The minimum absolute atomic E-state index is 0.117. The highest BCUT2D eigenvalue weighted by atomic mass is 35.5. The molecule has 0 bridgehead atoms. The van der Waals surface area contributed by atoms with E-state index in [2.05, 4.69) is 69.1 Å². The molecular weight excluding hydrogens is 382 g/mol. The number of rotatable bonds is 4. The second kappa shape index (κ2) is 8.19. The third-order valence-corrected chi connectivity index (χ3v) is 6.00. The summed E-state index contributed by atoms with van der Waals surface area (Å²) in [6.07, 6.45) is 2.82. The lowest BCUT2D eigenvalue weighted by molar-refractivity contribution is 0.0955. The lowest BCUT2D eigenvalue weighted by atomic mass is 9.78. The van der Waals surface area contributed by atoms with Gasteiger partial charge in [-0.05, 0) is 87.9 Å². The summed E-state index contributed by atoms with van der Waals surface area (Å²) in [6, 6.07) is 11.8. The van der Waals surface area contributed by atoms with E-state index in [1.807, 2.05) is 0 Å². The fourth-order valence-electron chi connectivity index (χ4n) is 4.60. The lowest BCUT2D eigenvalue weighted by Gasteiger charge is -2.50. The maximum absolute atomic E-state index is 12.3. The Morgan fingerprint density at radius 2 is 2.00 bits per heavy atom. The fraction of sp³-hybridized carbons (Fsp3) is 0.417. The van der Waals surface area contributed by atoms with Crippen LogP contribution in [0, 0.1) is 6.92 Å². The van der Waals surface area contributed by atoms with Crippen molar-refractivity contribution in [1.82, 2.24) is 5.43 Å². The van der Waals surface area contributed by atoms with Crippen LogP contribution >= 0.6 is 11.6 Å². The maximum Gasteiger partial charge on any atom is 0.272 e. The summed E-state index contributed by atoms with van der Waals surface area (Å²) in [7, 11) is 0. The zero-order valence-corrected chi connectivity index (χ0v) is 18.8. The predicted molar refractivity (Wildman–Crippen MR) is 122 cm³/mol. The Hall–Kier alpha value is -2.33. The molecule has 1 amide bonds. The number of benzene rings is 2. The summed E-state index contributed by atoms with van der Waals surface area (Å²) in [5, 5.41) is 4.59. The highest BCUT2D eigenvalue weighted by Gasteiger charge is 2.37. The van der Waals surface area contributed by atoms with Gasteiger partial charge in [0.2, 0.25) is 0 Å². The summed E-state index contributed by atoms with van der Waals surface area (Å²) < 4.78 is 0. The first-order valence-electron chi connectivity index (χ1n) is 10.1. The second-order valence-corrected chi connectivity index (χ2v) is 9.24. The van der Waals surface area contributed by atoms with Crippen molar-refractivity contribution in [2.45, 2.75) is 65.5 Å². The maximum atomic E-state index is 12.3. The highest BCUT2D eigenvalue weighted by Crippen LogP contribution is 2.45. The number of hydrogen-bond donors (Lipinski definition) is 1. The first kappa shape index (κ1) is 21.4. The molecule has 0 aromatic heterocycles. The number of carbonyl (C=O) groups is 1. The summed E-state index contributed by atoms with van der Waals surface area (Å²) in [4.78, 5) is 14.8. The van der Waals surface area contributed by atoms with E-state index < -0.39 is 0 Å². The molecule has 2 aromatic rings. The molecule has 2 aromatic carbocycles. The molecule has 29 heavy (non-hydrogen) atoms. The van der Waals surface area contributed by atoms with Crippen LogP contribution in [0.15, 0.2) is 41.5 Å². The average Bonchev–Trinajstić information content (AvgIpc) is 2.61. The number of fused-ring (bicyclic) bond motifs is 1. The standard InChI is InChI=1S/C24H30ClN3O/c1-15(2)28-22-11-16(3)18(12-20(22)17(4)13-24(28,5)6)14-26-27-23(29)19-9-7-8-10-21(19)25/h7-12,14-15,17H,13H2,1-6H3,(H,27,29)/b26-14-/t17-/m0/s1. The van der Waals surface area contributed by atoms with Gasteiger partial charge in [0.05, 0.1) is 16.8 Å². The molecule has 0 radical (unpaired) electrons. The van der Waals surface area contributed by atoms with Crippen molar-refractivity contribution in [2.75, 3.05) is 4.90 Å². The molecule has 0 unspecified atom stereocenters. The van der Waals surface area contributed by atoms with Crippen molar-refractivity contribution in [3.63, 3.8) is 0 Å². The van der Waals surface area contributed by atoms with Gasteiger partial charge in [0.1, 0.15) is 0 Å². The van der Waals surface area contributed by atoms with Crippen molar-refractivity contribution in [3.05, 3.63) is 63.7 Å². The third-order valence-electron chi connectivity index (χ3n) is 5.67. The number of hydrazone groups is 1. The molecule has 3 rings (SSSR count). The molecule has 1 N–H and O–H groups in total. The van der Waals surface area contributed by atoms with E-state index in [9.17, 15) is 4.79 Å². The smallest absolute Gasteiger partial charge is 0.272 e. The molecule has 0 fully saturated rings. The van der Waals surface area contributed by atoms with Crippen molar-refractivity contribution in [3.8, 4) is 0 Å². The van der Waals surface area contributed by atoms with Gasteiger partial charge in [-0.2, -0.15) is 5.10 Å². The molecule has 5 heteroatoms. The van der Waals surface area contributed by atoms with Gasteiger partial charge in [-0.15, -0.1) is 0 Å². The lowest BCUT2D eigenvalue weighted by Crippen LogP contribution is -2.51. The molecule has 1 aliphatic rings. The Kier molecular flexibility index (Phi) is 6.04. The van der Waals surface area contributed by atoms with Gasteiger partial charge in [-0.3, -0.25) is 4.79 Å². The molecule has 0 spiro atoms. The zero-order valence-electron chi connectivity index (χ0n) is 18.1. The van der Waals surface area contributed by atoms with Crippen LogP contribution in [0.2, 0.25) is 5.02 Å². The summed E-state index contributed by atoms with van der Waals surface area (Å²) in [5.74, 6) is 0.143. The van der Waals surface area contributed by atoms with Gasteiger partial charge >= 0.3 is 0 Å². The van der Waals surface area contributed by atoms with Gasteiger partial charge in [-0.25, -0.2) is 5.43 Å². The van der Waals surface area contributed by atoms with Crippen LogP contribution in [0.25, 0.3) is 0 Å². The van der Waals surface area contributed by atoms with Crippen LogP contribution < -0.4 is 10.3 Å². The topological polar surface area (TPSA) is 44.7 Å². The van der Waals surface area contributed by atoms with E-state index in [0.717, 1.165) is 17.5 Å². The monoisotopic (exact) mass is 411 g/mol. The van der Waals surface area contributed by atoms with E-state index in [4.69, 9.17) is 11.6 Å². The van der Waals surface area contributed by atoms with Crippen LogP contribution in [0.3, 0.4) is 0 Å². The predicted octanol–water partition coefficient (Wildman–Crippen LogP) is 5.91. The molecule has 0 saturated heterocycles. The highest BCUT2D eigenvalue weighted by molar-refractivity contribution is 6.33. The molecule has 1 atom stereocenters. The average molecular weight is 412 g/mol. The van der Waals surface area contributed by atoms with Gasteiger partial charge in [-0.1, -0.05) is 30.7 Å². The van der Waals surface area contributed by atoms with E-state index >= 15 is 0 Å². The fourth-order valence-corrected chi connectivity index (χ4v) is 4.82. The van der Waals surface area contributed by atoms with Crippen LogP contribution in [-0.4, -0.2) is 23.7 Å². The van der Waals surface area contributed by atoms with Crippen molar-refractivity contribution >= 4 is 29.4 Å². The number of nitrogens with zero attached hydrogens (tertiary/aromatic N) is 2. The molecule has 0 aliphatic carbocycles. The molecule has 1 heterocycles. The van der Waals surface area contributed by atoms with Gasteiger partial charge in [0, 0.05) is 17.3 Å². The van der Waals surface area contributed by atoms with Crippen molar-refractivity contribution < 1.29 is 4.79 Å². The first-order valence-corrected chi connectivity index (χ1v) is 10.5. The van der Waals surface area contributed by atoms with Gasteiger partial charge in [0.25, 0.3) is 5.91 Å². The van der Waals surface area contributed by atoms with E-state index in [0.29, 0.717) is 22.5 Å². The Morgan fingerprint density at radius 3 is 2.66 bits per heavy atom. The number of anilines is 1. The van der Waals surface area contributed by atoms with Crippen LogP contribution in [0.5, 0.6) is 0 Å². The Morgan fingerprint density at radius 1 is 1.31 bits per heavy atom. The SMILES string of the molecule is Cc1cc2c(cc1/C=N\NC(=O)c1ccccc1Cl)[C@@H](C)CC(C)(C)N2C(C)C. The Balaban J connectivity index is 1.87. The summed E-state index contributed by atoms with van der Waals surface area (Å²) >= 11 is 6.08. The molecule has 154 valence electrons. The third kappa shape index (κ3) is 4.32.